The maximum Gasteiger partial charge on any atom is 0.260 e. The quantitative estimate of drug-likeness (QED) is 0.800. The van der Waals surface area contributed by atoms with Gasteiger partial charge in [0.05, 0.1) is 24.4 Å². The summed E-state index contributed by atoms with van der Waals surface area (Å²) in [6, 6.07) is 10.3. The van der Waals surface area contributed by atoms with E-state index in [0.717, 1.165) is 12.1 Å². The van der Waals surface area contributed by atoms with Gasteiger partial charge >= 0.3 is 0 Å². The molecule has 0 saturated heterocycles. The average Bonchev–Trinajstić information content (AvgIpc) is 2.57. The fourth-order valence-corrected chi connectivity index (χ4v) is 2.31. The fourth-order valence-electron chi connectivity index (χ4n) is 2.31. The van der Waals surface area contributed by atoms with Crippen molar-refractivity contribution in [1.82, 2.24) is 4.98 Å². The van der Waals surface area contributed by atoms with E-state index in [1.54, 1.807) is 24.3 Å². The van der Waals surface area contributed by atoms with E-state index in [9.17, 15) is 13.6 Å². The first kappa shape index (κ1) is 14.9. The summed E-state index contributed by atoms with van der Waals surface area (Å²) in [6.07, 6.45) is 1.40. The van der Waals surface area contributed by atoms with E-state index >= 15 is 0 Å². The molecular weight excluding hydrogens is 302 g/mol. The molecule has 1 amide bonds. The third kappa shape index (κ3) is 2.70. The predicted molar refractivity (Wildman–Crippen MR) is 82.6 cm³/mol. The Morgan fingerprint density at radius 2 is 1.78 bits per heavy atom. The van der Waals surface area contributed by atoms with Gasteiger partial charge in [0.25, 0.3) is 5.91 Å². The number of pyridine rings is 1. The zero-order chi connectivity index (χ0) is 16.4. The summed E-state index contributed by atoms with van der Waals surface area (Å²) in [5.41, 5.74) is 0.244. The molecule has 0 saturated carbocycles. The summed E-state index contributed by atoms with van der Waals surface area (Å²) >= 11 is 0. The molecule has 1 heterocycles. The minimum atomic E-state index is -0.851. The predicted octanol–water partition coefficient (Wildman–Crippen LogP) is 3.77. The Bertz CT molecular complexity index is 877. The number of nitrogens with one attached hydrogen (secondary N) is 1. The van der Waals surface area contributed by atoms with Crippen LogP contribution in [0.5, 0.6) is 5.75 Å². The highest BCUT2D eigenvalue weighted by atomic mass is 19.1. The third-order valence-corrected chi connectivity index (χ3v) is 3.39. The van der Waals surface area contributed by atoms with Crippen LogP contribution in [0.25, 0.3) is 10.9 Å². The first-order valence-corrected chi connectivity index (χ1v) is 6.79. The van der Waals surface area contributed by atoms with Gasteiger partial charge in [0, 0.05) is 5.39 Å². The average molecular weight is 314 g/mol. The van der Waals surface area contributed by atoms with Gasteiger partial charge < -0.3 is 10.1 Å². The van der Waals surface area contributed by atoms with Crippen LogP contribution in [-0.4, -0.2) is 18.0 Å². The molecule has 6 heteroatoms. The van der Waals surface area contributed by atoms with E-state index in [1.165, 1.54) is 19.4 Å². The molecule has 1 N–H and O–H groups in total. The number of fused-ring (bicyclic) bond motifs is 1. The van der Waals surface area contributed by atoms with Crippen LogP contribution in [-0.2, 0) is 0 Å². The summed E-state index contributed by atoms with van der Waals surface area (Å²) in [6.45, 7) is 0. The number of benzene rings is 2. The maximum atomic E-state index is 13.7. The zero-order valence-electron chi connectivity index (χ0n) is 12.1. The number of para-hydroxylation sites is 2. The Labute approximate surface area is 130 Å². The number of hydrogen-bond acceptors (Lipinski definition) is 3. The fraction of sp³-hybridized carbons (Fsp3) is 0.0588. The number of hydrogen-bond donors (Lipinski definition) is 1. The zero-order valence-corrected chi connectivity index (χ0v) is 12.1. The second-order valence-electron chi connectivity index (χ2n) is 4.77. The van der Waals surface area contributed by atoms with Gasteiger partial charge in [-0.15, -0.1) is 0 Å². The molecule has 116 valence electrons. The molecule has 0 unspecified atom stereocenters. The molecule has 0 aliphatic rings. The first-order valence-electron chi connectivity index (χ1n) is 6.79. The lowest BCUT2D eigenvalue weighted by Gasteiger charge is -2.12. The first-order chi connectivity index (χ1) is 11.1. The van der Waals surface area contributed by atoms with E-state index in [4.69, 9.17) is 4.74 Å². The molecule has 2 aromatic carbocycles. The Hall–Kier alpha value is -3.02. The summed E-state index contributed by atoms with van der Waals surface area (Å²) in [4.78, 5) is 16.7. The maximum absolute atomic E-state index is 13.7. The van der Waals surface area contributed by atoms with Crippen LogP contribution in [0, 0.1) is 11.6 Å². The standard InChI is InChI=1S/C17H12F2N2O2/c1-23-14-9-20-13-8-3-2-5-10(13)15(14)17(22)21-16-11(18)6-4-7-12(16)19/h2-9H,1H3,(H,21,22). The third-order valence-electron chi connectivity index (χ3n) is 3.39. The number of nitrogens with zero attached hydrogens (tertiary/aromatic N) is 1. The van der Waals surface area contributed by atoms with Crippen LogP contribution in [0.2, 0.25) is 0 Å². The van der Waals surface area contributed by atoms with Crippen LogP contribution >= 0.6 is 0 Å². The number of carbonyl (C=O) groups excluding carboxylic acids is 1. The minimum Gasteiger partial charge on any atom is -0.494 e. The lowest BCUT2D eigenvalue weighted by Crippen LogP contribution is -2.16. The Kier molecular flexibility index (Phi) is 3.89. The van der Waals surface area contributed by atoms with E-state index < -0.39 is 23.2 Å². The monoisotopic (exact) mass is 314 g/mol. The van der Waals surface area contributed by atoms with Crippen molar-refractivity contribution in [3.63, 3.8) is 0 Å². The number of anilines is 1. The lowest BCUT2D eigenvalue weighted by molar-refractivity contribution is 0.102. The van der Waals surface area contributed by atoms with Crippen molar-refractivity contribution < 1.29 is 18.3 Å². The number of amides is 1. The number of methoxy groups -OCH3 is 1. The van der Waals surface area contributed by atoms with Gasteiger partial charge in [-0.1, -0.05) is 24.3 Å². The highest BCUT2D eigenvalue weighted by Crippen LogP contribution is 2.28. The lowest BCUT2D eigenvalue weighted by atomic mass is 10.1. The highest BCUT2D eigenvalue weighted by Gasteiger charge is 2.20. The molecule has 23 heavy (non-hydrogen) atoms. The molecular formula is C17H12F2N2O2. The summed E-state index contributed by atoms with van der Waals surface area (Å²) < 4.78 is 32.6. The number of rotatable bonds is 3. The van der Waals surface area contributed by atoms with Crippen LogP contribution in [0.3, 0.4) is 0 Å². The molecule has 3 aromatic rings. The van der Waals surface area contributed by atoms with Crippen LogP contribution in [0.1, 0.15) is 10.4 Å². The normalized spacial score (nSPS) is 10.6. The smallest absolute Gasteiger partial charge is 0.260 e. The van der Waals surface area contributed by atoms with Gasteiger partial charge in [0.15, 0.2) is 5.75 Å². The van der Waals surface area contributed by atoms with Gasteiger partial charge in [-0.05, 0) is 18.2 Å². The van der Waals surface area contributed by atoms with Crippen molar-refractivity contribution in [3.05, 3.63) is 65.9 Å². The van der Waals surface area contributed by atoms with E-state index in [2.05, 4.69) is 10.3 Å². The van der Waals surface area contributed by atoms with E-state index in [0.29, 0.717) is 10.9 Å². The molecule has 1 aromatic heterocycles. The largest absolute Gasteiger partial charge is 0.494 e. The minimum absolute atomic E-state index is 0.167. The number of halogens is 2. The molecule has 0 spiro atoms. The number of carbonyl (C=O) groups is 1. The molecule has 3 rings (SSSR count). The van der Waals surface area contributed by atoms with Gasteiger partial charge in [-0.25, -0.2) is 8.78 Å². The Balaban J connectivity index is 2.10. The molecule has 0 aliphatic carbocycles. The summed E-state index contributed by atoms with van der Waals surface area (Å²) in [5, 5.41) is 2.79. The molecule has 0 fully saturated rings. The molecule has 0 aliphatic heterocycles. The highest BCUT2D eigenvalue weighted by molar-refractivity contribution is 6.14. The van der Waals surface area contributed by atoms with E-state index in [1.807, 2.05) is 0 Å². The Morgan fingerprint density at radius 1 is 1.09 bits per heavy atom. The van der Waals surface area contributed by atoms with Gasteiger partial charge in [0.1, 0.15) is 17.3 Å². The summed E-state index contributed by atoms with van der Waals surface area (Å²) in [7, 11) is 1.40. The molecule has 0 radical (unpaired) electrons. The van der Waals surface area contributed by atoms with Crippen molar-refractivity contribution in [3.8, 4) is 5.75 Å². The van der Waals surface area contributed by atoms with Crippen molar-refractivity contribution >= 4 is 22.5 Å². The number of ether oxygens (including phenoxy) is 1. The molecule has 0 bridgehead atoms. The molecule has 4 nitrogen and oxygen atoms in total. The molecule has 0 atom stereocenters. The van der Waals surface area contributed by atoms with Gasteiger partial charge in [-0.3, -0.25) is 9.78 Å². The second kappa shape index (κ2) is 6.00. The van der Waals surface area contributed by atoms with Crippen molar-refractivity contribution in [1.29, 1.82) is 0 Å². The second-order valence-corrected chi connectivity index (χ2v) is 4.77. The van der Waals surface area contributed by atoms with Crippen LogP contribution in [0.15, 0.2) is 48.7 Å². The van der Waals surface area contributed by atoms with Crippen molar-refractivity contribution in [2.45, 2.75) is 0 Å². The Morgan fingerprint density at radius 3 is 2.48 bits per heavy atom. The van der Waals surface area contributed by atoms with Crippen LogP contribution in [0.4, 0.5) is 14.5 Å². The van der Waals surface area contributed by atoms with E-state index in [-0.39, 0.29) is 11.3 Å². The van der Waals surface area contributed by atoms with Crippen molar-refractivity contribution in [2.24, 2.45) is 0 Å². The van der Waals surface area contributed by atoms with Gasteiger partial charge in [0.2, 0.25) is 0 Å². The van der Waals surface area contributed by atoms with Crippen molar-refractivity contribution in [2.75, 3.05) is 12.4 Å². The topological polar surface area (TPSA) is 51.2 Å². The number of aromatic nitrogens is 1. The van der Waals surface area contributed by atoms with Gasteiger partial charge in [-0.2, -0.15) is 0 Å². The summed E-state index contributed by atoms with van der Waals surface area (Å²) in [5.74, 6) is -2.16. The van der Waals surface area contributed by atoms with Crippen LogP contribution < -0.4 is 10.1 Å². The SMILES string of the molecule is COc1cnc2ccccc2c1C(=O)Nc1c(F)cccc1F.